The topological polar surface area (TPSA) is 112 Å². The van der Waals surface area contributed by atoms with E-state index in [0.717, 1.165) is 31.2 Å². The van der Waals surface area contributed by atoms with Crippen LogP contribution in [0.25, 0.3) is 0 Å². The molecule has 240 valence electrons. The van der Waals surface area contributed by atoms with Crippen LogP contribution in [0.4, 0.5) is 22.8 Å². The number of nitrogens with zero attached hydrogens (tertiary/aromatic N) is 1. The molecular formula is C32H38F3NO8. The molecule has 12 heteroatoms. The number of hydrogen-bond acceptors (Lipinski definition) is 7. The van der Waals surface area contributed by atoms with Crippen LogP contribution in [0, 0.1) is 11.8 Å². The van der Waals surface area contributed by atoms with Crippen molar-refractivity contribution >= 4 is 18.2 Å². The van der Waals surface area contributed by atoms with Crippen molar-refractivity contribution in [1.82, 2.24) is 4.90 Å². The summed E-state index contributed by atoms with van der Waals surface area (Å²) >= 11 is 0. The first kappa shape index (κ1) is 32.9. The third kappa shape index (κ3) is 7.95. The normalized spacial score (nSPS) is 22.0. The minimum atomic E-state index is -5.08. The van der Waals surface area contributed by atoms with Crippen LogP contribution in [0.15, 0.2) is 48.5 Å². The minimum Gasteiger partial charge on any atom is -0.475 e. The number of amides is 1. The predicted molar refractivity (Wildman–Crippen MR) is 152 cm³/mol. The number of piperidine rings is 1. The number of benzene rings is 2. The number of alkyl halides is 3. The number of carboxylic acid groups (broad SMARTS) is 1. The highest BCUT2D eigenvalue weighted by atomic mass is 19.4. The molecular weight excluding hydrogens is 583 g/mol. The van der Waals surface area contributed by atoms with E-state index in [9.17, 15) is 22.8 Å². The SMILES string of the molecule is CC(C)COC(=O)OCOc1ccc2c(c1)[C@]13CCCC[C@@H]1[C@@H](C2)N(C(=O)OCc1ccccc1)CC3.O=C(O)C(F)(F)F. The van der Waals surface area contributed by atoms with Gasteiger partial charge in [0, 0.05) is 18.0 Å². The number of rotatable bonds is 7. The van der Waals surface area contributed by atoms with Crippen molar-refractivity contribution in [3.63, 3.8) is 0 Å². The van der Waals surface area contributed by atoms with E-state index in [0.29, 0.717) is 31.4 Å². The maximum atomic E-state index is 13.2. The fourth-order valence-corrected chi connectivity index (χ4v) is 6.53. The van der Waals surface area contributed by atoms with E-state index < -0.39 is 18.3 Å². The Bertz CT molecular complexity index is 1300. The Hall–Kier alpha value is -3.96. The second kappa shape index (κ2) is 14.2. The van der Waals surface area contributed by atoms with Crippen molar-refractivity contribution < 1.29 is 51.6 Å². The number of carbonyl (C=O) groups excluding carboxylic acids is 2. The van der Waals surface area contributed by atoms with Gasteiger partial charge < -0.3 is 29.0 Å². The van der Waals surface area contributed by atoms with E-state index >= 15 is 0 Å². The lowest BCUT2D eigenvalue weighted by atomic mass is 9.52. The van der Waals surface area contributed by atoms with Gasteiger partial charge in [-0.05, 0) is 66.3 Å². The van der Waals surface area contributed by atoms with Gasteiger partial charge in [-0.25, -0.2) is 14.4 Å². The molecule has 1 N–H and O–H groups in total. The third-order valence-electron chi connectivity index (χ3n) is 8.43. The van der Waals surface area contributed by atoms with Crippen LogP contribution in [0.1, 0.15) is 62.6 Å². The van der Waals surface area contributed by atoms with E-state index in [2.05, 4.69) is 12.1 Å². The zero-order valence-corrected chi connectivity index (χ0v) is 24.8. The second-order valence-corrected chi connectivity index (χ2v) is 11.7. The zero-order chi connectivity index (χ0) is 31.9. The van der Waals surface area contributed by atoms with Crippen molar-refractivity contribution in [2.75, 3.05) is 19.9 Å². The summed E-state index contributed by atoms with van der Waals surface area (Å²) in [5.74, 6) is -1.41. The van der Waals surface area contributed by atoms with Crippen molar-refractivity contribution in [3.05, 3.63) is 65.2 Å². The molecule has 0 spiro atoms. The Kier molecular flexibility index (Phi) is 10.6. The van der Waals surface area contributed by atoms with Crippen molar-refractivity contribution in [2.45, 2.75) is 76.6 Å². The van der Waals surface area contributed by atoms with Crippen LogP contribution in [0.5, 0.6) is 5.75 Å². The molecule has 0 radical (unpaired) electrons. The maximum absolute atomic E-state index is 13.2. The highest BCUT2D eigenvalue weighted by Gasteiger charge is 2.55. The van der Waals surface area contributed by atoms with Crippen LogP contribution >= 0.6 is 0 Å². The molecule has 9 nitrogen and oxygen atoms in total. The van der Waals surface area contributed by atoms with Gasteiger partial charge in [-0.1, -0.05) is 63.1 Å². The van der Waals surface area contributed by atoms with Gasteiger partial charge in [0.1, 0.15) is 12.4 Å². The molecule has 44 heavy (non-hydrogen) atoms. The fourth-order valence-electron chi connectivity index (χ4n) is 6.53. The minimum absolute atomic E-state index is 0.0448. The number of carboxylic acids is 1. The number of likely N-dealkylation sites (tertiary alicyclic amines) is 1. The molecule has 0 aromatic heterocycles. The maximum Gasteiger partial charge on any atom is 0.511 e. The van der Waals surface area contributed by atoms with Gasteiger partial charge in [0.05, 0.1) is 6.61 Å². The van der Waals surface area contributed by atoms with Gasteiger partial charge >= 0.3 is 24.4 Å². The molecule has 5 rings (SSSR count). The quantitative estimate of drug-likeness (QED) is 0.264. The standard InChI is InChI=1S/C30H37NO6.C2HF3O2/c1-21(2)18-35-29(33)37-20-36-24-12-11-23-16-27-25-10-6-7-13-30(25,26(23)17-24)14-15-31(27)28(32)34-19-22-8-4-3-5-9-22;3-2(4,5)1(6)7/h3-5,8-9,11-12,17,21,25,27H,6-7,10,13-16,18-20H2,1-2H3;(H,6,7)/t25-,27-,30+;/m1./s1. The smallest absolute Gasteiger partial charge is 0.475 e. The molecule has 3 aliphatic rings. The van der Waals surface area contributed by atoms with Gasteiger partial charge in [-0.2, -0.15) is 13.2 Å². The summed E-state index contributed by atoms with van der Waals surface area (Å²) in [4.78, 5) is 35.8. The summed E-state index contributed by atoms with van der Waals surface area (Å²) in [6, 6.07) is 16.2. The molecule has 1 heterocycles. The highest BCUT2D eigenvalue weighted by Crippen LogP contribution is 2.56. The van der Waals surface area contributed by atoms with Gasteiger partial charge in [-0.3, -0.25) is 0 Å². The van der Waals surface area contributed by atoms with Crippen LogP contribution in [0.3, 0.4) is 0 Å². The predicted octanol–water partition coefficient (Wildman–Crippen LogP) is 6.86. The Morgan fingerprint density at radius 1 is 1.02 bits per heavy atom. The van der Waals surface area contributed by atoms with E-state index in [4.69, 9.17) is 28.8 Å². The average Bonchev–Trinajstić information content (AvgIpc) is 2.99. The molecule has 2 aromatic carbocycles. The zero-order valence-electron chi connectivity index (χ0n) is 24.8. The van der Waals surface area contributed by atoms with E-state index in [1.54, 1.807) is 0 Å². The molecule has 1 saturated carbocycles. The van der Waals surface area contributed by atoms with Gasteiger partial charge in [0.15, 0.2) is 0 Å². The van der Waals surface area contributed by atoms with E-state index in [-0.39, 0.29) is 30.3 Å². The van der Waals surface area contributed by atoms with Crippen LogP contribution in [0.2, 0.25) is 0 Å². The average molecular weight is 622 g/mol. The Balaban J connectivity index is 0.000000566. The Labute approximate surface area is 254 Å². The molecule has 2 aromatic rings. The molecule has 3 atom stereocenters. The molecule has 1 saturated heterocycles. The van der Waals surface area contributed by atoms with Gasteiger partial charge in [-0.15, -0.1) is 0 Å². The molecule has 0 unspecified atom stereocenters. The lowest BCUT2D eigenvalue weighted by molar-refractivity contribution is -0.192. The summed E-state index contributed by atoms with van der Waals surface area (Å²) in [5.41, 5.74) is 3.65. The van der Waals surface area contributed by atoms with Crippen LogP contribution < -0.4 is 4.74 Å². The number of fused-ring (bicyclic) bond motifs is 1. The lowest BCUT2D eigenvalue weighted by Crippen LogP contribution is -2.62. The Morgan fingerprint density at radius 2 is 1.75 bits per heavy atom. The van der Waals surface area contributed by atoms with Gasteiger partial charge in [0.25, 0.3) is 0 Å². The highest BCUT2D eigenvalue weighted by molar-refractivity contribution is 5.73. The number of carbonyl (C=O) groups is 3. The summed E-state index contributed by atoms with van der Waals surface area (Å²) in [5, 5.41) is 7.12. The second-order valence-electron chi connectivity index (χ2n) is 11.7. The summed E-state index contributed by atoms with van der Waals surface area (Å²) in [7, 11) is 0. The summed E-state index contributed by atoms with van der Waals surface area (Å²) in [6.07, 6.45) is 0.344. The number of halogens is 3. The summed E-state index contributed by atoms with van der Waals surface area (Å²) in [6.45, 7) is 5.07. The molecule has 1 aliphatic heterocycles. The van der Waals surface area contributed by atoms with E-state index in [1.807, 2.05) is 55.1 Å². The first-order valence-electron chi connectivity index (χ1n) is 14.7. The first-order valence-corrected chi connectivity index (χ1v) is 14.7. The van der Waals surface area contributed by atoms with Crippen LogP contribution in [-0.2, 0) is 37.4 Å². The first-order chi connectivity index (χ1) is 20.9. The summed E-state index contributed by atoms with van der Waals surface area (Å²) < 4.78 is 53.4. The number of hydrogen-bond donors (Lipinski definition) is 1. The third-order valence-corrected chi connectivity index (χ3v) is 8.43. The monoisotopic (exact) mass is 621 g/mol. The van der Waals surface area contributed by atoms with Crippen LogP contribution in [-0.4, -0.2) is 60.4 Å². The largest absolute Gasteiger partial charge is 0.511 e. The number of ether oxygens (including phenoxy) is 4. The fraction of sp³-hybridized carbons (Fsp3) is 0.531. The van der Waals surface area contributed by atoms with Crippen molar-refractivity contribution in [2.24, 2.45) is 11.8 Å². The molecule has 2 fully saturated rings. The number of aliphatic carboxylic acids is 1. The molecule has 2 aliphatic carbocycles. The lowest BCUT2D eigenvalue weighted by Gasteiger charge is -2.58. The van der Waals surface area contributed by atoms with Crippen molar-refractivity contribution in [3.8, 4) is 5.75 Å². The van der Waals surface area contributed by atoms with E-state index in [1.165, 1.54) is 24.0 Å². The Morgan fingerprint density at radius 3 is 2.43 bits per heavy atom. The molecule has 1 amide bonds. The molecule has 2 bridgehead atoms. The van der Waals surface area contributed by atoms with Gasteiger partial charge in [0.2, 0.25) is 6.79 Å². The van der Waals surface area contributed by atoms with Crippen molar-refractivity contribution in [1.29, 1.82) is 0 Å².